The lowest BCUT2D eigenvalue weighted by Crippen LogP contribution is -2.43. The summed E-state index contributed by atoms with van der Waals surface area (Å²) in [5, 5.41) is 5.41. The van der Waals surface area contributed by atoms with Crippen molar-refractivity contribution < 1.29 is 14.4 Å². The van der Waals surface area contributed by atoms with Crippen LogP contribution >= 0.6 is 0 Å². The molecular weight excluding hydrogens is 236 g/mol. The molecule has 18 heavy (non-hydrogen) atoms. The van der Waals surface area contributed by atoms with Gasteiger partial charge in [-0.2, -0.15) is 0 Å². The first-order valence-electron chi connectivity index (χ1n) is 6.10. The van der Waals surface area contributed by atoms with E-state index in [1.54, 1.807) is 0 Å². The highest BCUT2D eigenvalue weighted by molar-refractivity contribution is 5.87. The molecule has 1 aliphatic carbocycles. The molecule has 7 heteroatoms. The zero-order chi connectivity index (χ0) is 13.5. The van der Waals surface area contributed by atoms with Gasteiger partial charge in [-0.1, -0.05) is 0 Å². The first-order valence-corrected chi connectivity index (χ1v) is 6.10. The molecule has 1 fully saturated rings. The Kier molecular flexibility index (Phi) is 5.57. The van der Waals surface area contributed by atoms with Crippen LogP contribution in [0.2, 0.25) is 0 Å². The Morgan fingerprint density at radius 2 is 1.94 bits per heavy atom. The molecule has 0 aromatic rings. The van der Waals surface area contributed by atoms with Crippen molar-refractivity contribution in [2.75, 3.05) is 6.54 Å². The highest BCUT2D eigenvalue weighted by Crippen LogP contribution is 2.18. The van der Waals surface area contributed by atoms with Crippen LogP contribution in [0, 0.1) is 0 Å². The smallest absolute Gasteiger partial charge is 0.237 e. The van der Waals surface area contributed by atoms with Gasteiger partial charge < -0.3 is 22.1 Å². The second kappa shape index (κ2) is 6.95. The Labute approximate surface area is 106 Å². The number of rotatable bonds is 8. The van der Waals surface area contributed by atoms with Crippen molar-refractivity contribution in [2.45, 2.75) is 44.2 Å². The lowest BCUT2D eigenvalue weighted by atomic mass is 10.2. The van der Waals surface area contributed by atoms with Gasteiger partial charge in [0.05, 0.1) is 12.5 Å². The Morgan fingerprint density at radius 3 is 2.50 bits per heavy atom. The zero-order valence-electron chi connectivity index (χ0n) is 10.3. The third-order valence-electron chi connectivity index (χ3n) is 2.58. The molecule has 0 spiro atoms. The molecule has 0 aromatic carbocycles. The summed E-state index contributed by atoms with van der Waals surface area (Å²) >= 11 is 0. The van der Waals surface area contributed by atoms with Gasteiger partial charge in [0.25, 0.3) is 0 Å². The SMILES string of the molecule is NC(=O)CC(N)C(=O)NCCCC(=O)NC1CC1. The van der Waals surface area contributed by atoms with E-state index < -0.39 is 17.9 Å². The molecule has 0 saturated heterocycles. The minimum atomic E-state index is -0.914. The molecule has 102 valence electrons. The van der Waals surface area contributed by atoms with E-state index in [4.69, 9.17) is 11.5 Å². The van der Waals surface area contributed by atoms with Gasteiger partial charge in [-0.15, -0.1) is 0 Å². The van der Waals surface area contributed by atoms with E-state index in [1.165, 1.54) is 0 Å². The summed E-state index contributed by atoms with van der Waals surface area (Å²) < 4.78 is 0. The van der Waals surface area contributed by atoms with Gasteiger partial charge >= 0.3 is 0 Å². The first-order chi connectivity index (χ1) is 8.49. The topological polar surface area (TPSA) is 127 Å². The van der Waals surface area contributed by atoms with E-state index in [-0.39, 0.29) is 12.3 Å². The van der Waals surface area contributed by atoms with Crippen LogP contribution in [0.25, 0.3) is 0 Å². The van der Waals surface area contributed by atoms with Gasteiger partial charge in [-0.3, -0.25) is 14.4 Å². The zero-order valence-corrected chi connectivity index (χ0v) is 10.3. The molecule has 0 radical (unpaired) electrons. The monoisotopic (exact) mass is 256 g/mol. The van der Waals surface area contributed by atoms with Gasteiger partial charge in [0, 0.05) is 19.0 Å². The molecule has 0 aromatic heterocycles. The number of nitrogens with one attached hydrogen (secondary N) is 2. The summed E-state index contributed by atoms with van der Waals surface area (Å²) in [5.74, 6) is -1.02. The summed E-state index contributed by atoms with van der Waals surface area (Å²) in [5.41, 5.74) is 10.4. The maximum Gasteiger partial charge on any atom is 0.237 e. The quantitative estimate of drug-likeness (QED) is 0.388. The average molecular weight is 256 g/mol. The molecule has 1 saturated carbocycles. The number of amides is 3. The number of carbonyl (C=O) groups excluding carboxylic acids is 3. The normalized spacial score (nSPS) is 15.8. The van der Waals surface area contributed by atoms with E-state index in [1.807, 2.05) is 0 Å². The van der Waals surface area contributed by atoms with Gasteiger partial charge in [0.1, 0.15) is 0 Å². The van der Waals surface area contributed by atoms with Crippen LogP contribution in [0.1, 0.15) is 32.1 Å². The Morgan fingerprint density at radius 1 is 1.28 bits per heavy atom. The Hall–Kier alpha value is -1.63. The molecule has 0 bridgehead atoms. The number of hydrogen-bond acceptors (Lipinski definition) is 4. The second-order valence-corrected chi connectivity index (χ2v) is 4.51. The standard InChI is InChI=1S/C11H20N4O3/c12-8(6-9(13)16)11(18)14-5-1-2-10(17)15-7-3-4-7/h7-8H,1-6,12H2,(H2,13,16)(H,14,18)(H,15,17). The van der Waals surface area contributed by atoms with E-state index in [9.17, 15) is 14.4 Å². The fourth-order valence-corrected chi connectivity index (χ4v) is 1.43. The largest absolute Gasteiger partial charge is 0.370 e. The van der Waals surface area contributed by atoms with Crippen LogP contribution in [-0.4, -0.2) is 36.3 Å². The molecular formula is C11H20N4O3. The Bertz CT molecular complexity index is 328. The van der Waals surface area contributed by atoms with E-state index in [0.717, 1.165) is 12.8 Å². The highest BCUT2D eigenvalue weighted by Gasteiger charge is 2.22. The number of hydrogen-bond donors (Lipinski definition) is 4. The van der Waals surface area contributed by atoms with Crippen molar-refractivity contribution in [3.05, 3.63) is 0 Å². The third kappa shape index (κ3) is 6.19. The van der Waals surface area contributed by atoms with Crippen LogP contribution in [0.4, 0.5) is 0 Å². The highest BCUT2D eigenvalue weighted by atomic mass is 16.2. The molecule has 0 aliphatic heterocycles. The molecule has 1 atom stereocenters. The maximum absolute atomic E-state index is 11.4. The maximum atomic E-state index is 11.4. The van der Waals surface area contributed by atoms with Gasteiger partial charge in [0.2, 0.25) is 17.7 Å². The summed E-state index contributed by atoms with van der Waals surface area (Å²) in [4.78, 5) is 33.2. The number of carbonyl (C=O) groups is 3. The van der Waals surface area contributed by atoms with Crippen molar-refractivity contribution in [3.8, 4) is 0 Å². The minimum absolute atomic E-state index is 0.00758. The van der Waals surface area contributed by atoms with Crippen LogP contribution < -0.4 is 22.1 Å². The molecule has 1 rings (SSSR count). The molecule has 0 heterocycles. The van der Waals surface area contributed by atoms with Gasteiger partial charge in [-0.25, -0.2) is 0 Å². The first kappa shape index (κ1) is 14.4. The van der Waals surface area contributed by atoms with Crippen molar-refractivity contribution >= 4 is 17.7 Å². The molecule has 7 nitrogen and oxygen atoms in total. The minimum Gasteiger partial charge on any atom is -0.370 e. The molecule has 1 aliphatic rings. The number of primary amides is 1. The predicted molar refractivity (Wildman–Crippen MR) is 65.2 cm³/mol. The molecule has 3 amide bonds. The van der Waals surface area contributed by atoms with E-state index >= 15 is 0 Å². The molecule has 6 N–H and O–H groups in total. The third-order valence-corrected chi connectivity index (χ3v) is 2.58. The van der Waals surface area contributed by atoms with Crippen LogP contribution in [0.5, 0.6) is 0 Å². The van der Waals surface area contributed by atoms with E-state index in [0.29, 0.717) is 25.4 Å². The Balaban J connectivity index is 2.03. The number of nitrogens with two attached hydrogens (primary N) is 2. The summed E-state index contributed by atoms with van der Waals surface area (Å²) in [6, 6.07) is -0.557. The summed E-state index contributed by atoms with van der Waals surface area (Å²) in [6.45, 7) is 0.364. The van der Waals surface area contributed by atoms with Crippen LogP contribution in [0.3, 0.4) is 0 Å². The van der Waals surface area contributed by atoms with Gasteiger partial charge in [0.15, 0.2) is 0 Å². The predicted octanol–water partition coefficient (Wildman–Crippen LogP) is -1.64. The van der Waals surface area contributed by atoms with Crippen molar-refractivity contribution in [2.24, 2.45) is 11.5 Å². The second-order valence-electron chi connectivity index (χ2n) is 4.51. The summed E-state index contributed by atoms with van der Waals surface area (Å²) in [6.07, 6.45) is 2.87. The van der Waals surface area contributed by atoms with Crippen LogP contribution in [0.15, 0.2) is 0 Å². The average Bonchev–Trinajstić information content (AvgIpc) is 3.06. The van der Waals surface area contributed by atoms with Gasteiger partial charge in [-0.05, 0) is 19.3 Å². The van der Waals surface area contributed by atoms with E-state index in [2.05, 4.69) is 10.6 Å². The van der Waals surface area contributed by atoms with Crippen LogP contribution in [-0.2, 0) is 14.4 Å². The summed E-state index contributed by atoms with van der Waals surface area (Å²) in [7, 11) is 0. The molecule has 1 unspecified atom stereocenters. The lowest BCUT2D eigenvalue weighted by molar-refractivity contribution is -0.126. The van der Waals surface area contributed by atoms with Crippen molar-refractivity contribution in [3.63, 3.8) is 0 Å². The van der Waals surface area contributed by atoms with Crippen molar-refractivity contribution in [1.82, 2.24) is 10.6 Å². The lowest BCUT2D eigenvalue weighted by Gasteiger charge is -2.10. The fraction of sp³-hybridized carbons (Fsp3) is 0.727. The van der Waals surface area contributed by atoms with Crippen molar-refractivity contribution in [1.29, 1.82) is 0 Å². The fourth-order valence-electron chi connectivity index (χ4n) is 1.43.